The molecule has 2 aromatic rings. The molecule has 0 aliphatic rings. The maximum Gasteiger partial charge on any atom is 0.243 e. The Morgan fingerprint density at radius 2 is 1.90 bits per heavy atom. The molecule has 0 radical (unpaired) electrons. The summed E-state index contributed by atoms with van der Waals surface area (Å²) < 4.78 is 28.0. The third-order valence-corrected chi connectivity index (χ3v) is 5.25. The van der Waals surface area contributed by atoms with Crippen LogP contribution in [0.5, 0.6) is 0 Å². The number of hydrogen-bond acceptors (Lipinski definition) is 4. The molecule has 0 saturated carbocycles. The van der Waals surface area contributed by atoms with Gasteiger partial charge in [0.2, 0.25) is 10.0 Å². The van der Waals surface area contributed by atoms with Crippen molar-refractivity contribution < 1.29 is 8.42 Å². The minimum absolute atomic E-state index is 0.227. The summed E-state index contributed by atoms with van der Waals surface area (Å²) in [5, 5.41) is 4.07. The SMILES string of the molecule is CC(c1cnn(C)c1)N(C)S(=O)(=O)c1ccc(N)cc1. The van der Waals surface area contributed by atoms with Crippen LogP contribution in [0.1, 0.15) is 18.5 Å². The first-order valence-electron chi connectivity index (χ1n) is 6.14. The first kappa shape index (κ1) is 14.5. The van der Waals surface area contributed by atoms with Gasteiger partial charge in [-0.25, -0.2) is 8.42 Å². The van der Waals surface area contributed by atoms with Crippen molar-refractivity contribution in [2.24, 2.45) is 7.05 Å². The molecule has 7 heteroatoms. The summed E-state index contributed by atoms with van der Waals surface area (Å²) in [5.74, 6) is 0. The predicted molar refractivity (Wildman–Crippen MR) is 77.4 cm³/mol. The lowest BCUT2D eigenvalue weighted by molar-refractivity contribution is 0.398. The van der Waals surface area contributed by atoms with Gasteiger partial charge in [-0.2, -0.15) is 9.40 Å². The van der Waals surface area contributed by atoms with Crippen molar-refractivity contribution in [1.29, 1.82) is 0 Å². The van der Waals surface area contributed by atoms with Crippen LogP contribution in [0.15, 0.2) is 41.6 Å². The summed E-state index contributed by atoms with van der Waals surface area (Å²) in [6.07, 6.45) is 3.47. The van der Waals surface area contributed by atoms with Crippen molar-refractivity contribution in [3.63, 3.8) is 0 Å². The van der Waals surface area contributed by atoms with Gasteiger partial charge in [0, 0.05) is 37.6 Å². The van der Waals surface area contributed by atoms with Crippen LogP contribution >= 0.6 is 0 Å². The molecule has 20 heavy (non-hydrogen) atoms. The molecule has 2 N–H and O–H groups in total. The zero-order valence-electron chi connectivity index (χ0n) is 11.7. The van der Waals surface area contributed by atoms with Crippen LogP contribution in [0.25, 0.3) is 0 Å². The number of rotatable bonds is 4. The van der Waals surface area contributed by atoms with E-state index in [4.69, 9.17) is 5.73 Å². The van der Waals surface area contributed by atoms with Crippen molar-refractivity contribution in [3.8, 4) is 0 Å². The molecule has 1 atom stereocenters. The highest BCUT2D eigenvalue weighted by atomic mass is 32.2. The molecule has 0 amide bonds. The summed E-state index contributed by atoms with van der Waals surface area (Å²) in [6.45, 7) is 1.83. The third kappa shape index (κ3) is 2.68. The number of nitrogens with two attached hydrogens (primary N) is 1. The Hall–Kier alpha value is -1.86. The number of anilines is 1. The van der Waals surface area contributed by atoms with Crippen LogP contribution in [0.2, 0.25) is 0 Å². The fourth-order valence-electron chi connectivity index (χ4n) is 1.88. The number of nitrogens with zero attached hydrogens (tertiary/aromatic N) is 3. The van der Waals surface area contributed by atoms with Gasteiger partial charge in [-0.05, 0) is 31.2 Å². The largest absolute Gasteiger partial charge is 0.399 e. The van der Waals surface area contributed by atoms with Crippen molar-refractivity contribution in [2.75, 3.05) is 12.8 Å². The van der Waals surface area contributed by atoms with E-state index in [1.54, 1.807) is 43.3 Å². The topological polar surface area (TPSA) is 81.2 Å². The summed E-state index contributed by atoms with van der Waals surface area (Å²) in [5.41, 5.74) is 6.96. The van der Waals surface area contributed by atoms with Gasteiger partial charge >= 0.3 is 0 Å². The normalized spacial score (nSPS) is 13.6. The fraction of sp³-hybridized carbons (Fsp3) is 0.308. The van der Waals surface area contributed by atoms with Gasteiger partial charge in [-0.15, -0.1) is 0 Å². The van der Waals surface area contributed by atoms with E-state index in [0.717, 1.165) is 5.56 Å². The number of aromatic nitrogens is 2. The zero-order valence-corrected chi connectivity index (χ0v) is 12.5. The maximum absolute atomic E-state index is 12.5. The Morgan fingerprint density at radius 3 is 2.40 bits per heavy atom. The Balaban J connectivity index is 2.31. The van der Waals surface area contributed by atoms with Gasteiger partial charge in [0.15, 0.2) is 0 Å². The fourth-order valence-corrected chi connectivity index (χ4v) is 3.23. The second-order valence-corrected chi connectivity index (χ2v) is 6.71. The average Bonchev–Trinajstić information content (AvgIpc) is 2.84. The van der Waals surface area contributed by atoms with E-state index >= 15 is 0 Å². The highest BCUT2D eigenvalue weighted by Crippen LogP contribution is 2.25. The summed E-state index contributed by atoms with van der Waals surface area (Å²) in [7, 11) is -0.198. The molecular weight excluding hydrogens is 276 g/mol. The summed E-state index contributed by atoms with van der Waals surface area (Å²) in [6, 6.07) is 5.88. The van der Waals surface area contributed by atoms with Gasteiger partial charge < -0.3 is 5.73 Å². The van der Waals surface area contributed by atoms with Crippen LogP contribution in [-0.2, 0) is 17.1 Å². The first-order chi connectivity index (χ1) is 9.32. The van der Waals surface area contributed by atoms with E-state index in [2.05, 4.69) is 5.10 Å². The van der Waals surface area contributed by atoms with E-state index in [9.17, 15) is 8.42 Å². The zero-order chi connectivity index (χ0) is 14.9. The number of benzene rings is 1. The number of hydrogen-bond donors (Lipinski definition) is 1. The van der Waals surface area contributed by atoms with Gasteiger partial charge in [0.25, 0.3) is 0 Å². The van der Waals surface area contributed by atoms with E-state index in [1.165, 1.54) is 16.4 Å². The van der Waals surface area contributed by atoms with Crippen LogP contribution in [0.3, 0.4) is 0 Å². The number of nitrogen functional groups attached to an aromatic ring is 1. The Labute approximate surface area is 118 Å². The molecule has 0 fully saturated rings. The summed E-state index contributed by atoms with van der Waals surface area (Å²) in [4.78, 5) is 0.227. The molecule has 0 saturated heterocycles. The molecule has 1 unspecified atom stereocenters. The molecule has 6 nitrogen and oxygen atoms in total. The Morgan fingerprint density at radius 1 is 1.30 bits per heavy atom. The van der Waals surface area contributed by atoms with E-state index in [-0.39, 0.29) is 10.9 Å². The van der Waals surface area contributed by atoms with Gasteiger partial charge in [0.05, 0.1) is 11.1 Å². The molecule has 1 heterocycles. The standard InChI is InChI=1S/C13H18N4O2S/c1-10(11-8-15-16(2)9-11)17(3)20(18,19)13-6-4-12(14)5-7-13/h4-10H,14H2,1-3H3. The van der Waals surface area contributed by atoms with Gasteiger partial charge in [-0.3, -0.25) is 4.68 Å². The third-order valence-electron chi connectivity index (χ3n) is 3.31. The molecule has 108 valence electrons. The summed E-state index contributed by atoms with van der Waals surface area (Å²) >= 11 is 0. The number of aryl methyl sites for hydroxylation is 1. The molecule has 1 aromatic carbocycles. The quantitative estimate of drug-likeness (QED) is 0.864. The van der Waals surface area contributed by atoms with Crippen molar-refractivity contribution >= 4 is 15.7 Å². The molecular formula is C13H18N4O2S. The van der Waals surface area contributed by atoms with Crippen molar-refractivity contribution in [1.82, 2.24) is 14.1 Å². The molecule has 0 aliphatic carbocycles. The predicted octanol–water partition coefficient (Wildman–Crippen LogP) is 1.38. The van der Waals surface area contributed by atoms with Gasteiger partial charge in [-0.1, -0.05) is 0 Å². The Bertz CT molecular complexity index is 691. The lowest BCUT2D eigenvalue weighted by atomic mass is 10.2. The van der Waals surface area contributed by atoms with Crippen LogP contribution in [0, 0.1) is 0 Å². The minimum Gasteiger partial charge on any atom is -0.399 e. The minimum atomic E-state index is -3.55. The second-order valence-electron chi connectivity index (χ2n) is 4.71. The molecule has 2 rings (SSSR count). The van der Waals surface area contributed by atoms with Gasteiger partial charge in [0.1, 0.15) is 0 Å². The lowest BCUT2D eigenvalue weighted by Gasteiger charge is -2.23. The van der Waals surface area contributed by atoms with Crippen LogP contribution in [-0.4, -0.2) is 29.6 Å². The van der Waals surface area contributed by atoms with E-state index in [0.29, 0.717) is 5.69 Å². The first-order valence-corrected chi connectivity index (χ1v) is 7.58. The monoisotopic (exact) mass is 294 g/mol. The molecule has 0 bridgehead atoms. The molecule has 0 spiro atoms. The smallest absolute Gasteiger partial charge is 0.243 e. The molecule has 0 aliphatic heterocycles. The average molecular weight is 294 g/mol. The second kappa shape index (κ2) is 5.26. The number of sulfonamides is 1. The van der Waals surface area contributed by atoms with Crippen LogP contribution in [0.4, 0.5) is 5.69 Å². The van der Waals surface area contributed by atoms with Crippen molar-refractivity contribution in [3.05, 3.63) is 42.2 Å². The highest BCUT2D eigenvalue weighted by Gasteiger charge is 2.26. The maximum atomic E-state index is 12.5. The van der Waals surface area contributed by atoms with E-state index in [1.807, 2.05) is 6.92 Å². The van der Waals surface area contributed by atoms with Crippen LogP contribution < -0.4 is 5.73 Å². The van der Waals surface area contributed by atoms with Crippen molar-refractivity contribution in [2.45, 2.75) is 17.9 Å². The lowest BCUT2D eigenvalue weighted by Crippen LogP contribution is -2.29. The Kier molecular flexibility index (Phi) is 3.82. The highest BCUT2D eigenvalue weighted by molar-refractivity contribution is 7.89. The molecule has 1 aromatic heterocycles. The van der Waals surface area contributed by atoms with E-state index < -0.39 is 10.0 Å².